The molecular weight excluding hydrogens is 326 g/mol. The Morgan fingerprint density at radius 2 is 2.12 bits per heavy atom. The molecule has 2 N–H and O–H groups in total. The Hall–Kier alpha value is -1.56. The van der Waals surface area contributed by atoms with Crippen LogP contribution in [0.5, 0.6) is 0 Å². The first-order valence-corrected chi connectivity index (χ1v) is 9.93. The normalized spacial score (nSPS) is 17.7. The number of ether oxygens (including phenoxy) is 1. The Morgan fingerprint density at radius 3 is 2.62 bits per heavy atom. The van der Waals surface area contributed by atoms with Crippen molar-refractivity contribution in [2.75, 3.05) is 26.8 Å². The minimum Gasteiger partial charge on any atom is -0.385 e. The molecule has 6 heteroatoms. The molecule has 1 aromatic rings. The average Bonchev–Trinajstić information content (AvgIpc) is 2.80. The van der Waals surface area contributed by atoms with Gasteiger partial charge in [0.15, 0.2) is 5.96 Å². The van der Waals surface area contributed by atoms with Crippen LogP contribution in [0.4, 0.5) is 0 Å². The number of methoxy groups -OCH3 is 1. The fourth-order valence-electron chi connectivity index (χ4n) is 3.75. The standard InChI is InChI=1S/C20H37N5O/c1-7-21-19(22-14-20(9-8-10-20)11-12-26-6)23-15(2)13-18-16(3)24-25(5)17(18)4/h15H,7-14H2,1-6H3,(H2,21,22,23). The lowest BCUT2D eigenvalue weighted by Gasteiger charge is -2.41. The van der Waals surface area contributed by atoms with Gasteiger partial charge in [0, 0.05) is 45.6 Å². The summed E-state index contributed by atoms with van der Waals surface area (Å²) in [6.45, 7) is 11.1. The number of nitrogens with one attached hydrogen (secondary N) is 2. The van der Waals surface area contributed by atoms with Crippen LogP contribution in [0, 0.1) is 19.3 Å². The molecular formula is C20H37N5O. The third-order valence-corrected chi connectivity index (χ3v) is 5.72. The van der Waals surface area contributed by atoms with E-state index in [1.165, 1.54) is 30.5 Å². The van der Waals surface area contributed by atoms with Gasteiger partial charge in [-0.05, 0) is 64.4 Å². The van der Waals surface area contributed by atoms with Gasteiger partial charge in [0.25, 0.3) is 0 Å². The second kappa shape index (κ2) is 9.40. The van der Waals surface area contributed by atoms with E-state index in [1.807, 2.05) is 11.7 Å². The summed E-state index contributed by atoms with van der Waals surface area (Å²) in [5.41, 5.74) is 4.04. The molecule has 1 aromatic heterocycles. The number of hydrogen-bond acceptors (Lipinski definition) is 3. The van der Waals surface area contributed by atoms with Crippen molar-refractivity contribution in [2.24, 2.45) is 17.5 Å². The van der Waals surface area contributed by atoms with Crippen LogP contribution in [0.3, 0.4) is 0 Å². The third kappa shape index (κ3) is 5.22. The molecule has 1 aliphatic carbocycles. The molecule has 1 saturated carbocycles. The Labute approximate surface area is 158 Å². The van der Waals surface area contributed by atoms with Gasteiger partial charge < -0.3 is 15.4 Å². The highest BCUT2D eigenvalue weighted by molar-refractivity contribution is 5.80. The summed E-state index contributed by atoms with van der Waals surface area (Å²) < 4.78 is 7.26. The van der Waals surface area contributed by atoms with E-state index in [9.17, 15) is 0 Å². The molecule has 1 unspecified atom stereocenters. The minimum atomic E-state index is 0.297. The predicted octanol–water partition coefficient (Wildman–Crippen LogP) is 2.73. The molecule has 1 fully saturated rings. The van der Waals surface area contributed by atoms with Gasteiger partial charge in [-0.15, -0.1) is 0 Å². The number of aryl methyl sites for hydroxylation is 2. The van der Waals surface area contributed by atoms with E-state index in [-0.39, 0.29) is 0 Å². The van der Waals surface area contributed by atoms with E-state index in [1.54, 1.807) is 7.11 Å². The fourth-order valence-corrected chi connectivity index (χ4v) is 3.75. The zero-order chi connectivity index (χ0) is 19.2. The second-order valence-corrected chi connectivity index (χ2v) is 7.81. The lowest BCUT2D eigenvalue weighted by molar-refractivity contribution is 0.0778. The van der Waals surface area contributed by atoms with Crippen molar-refractivity contribution in [3.63, 3.8) is 0 Å². The predicted molar refractivity (Wildman–Crippen MR) is 108 cm³/mol. The summed E-state index contributed by atoms with van der Waals surface area (Å²) >= 11 is 0. The maximum Gasteiger partial charge on any atom is 0.191 e. The molecule has 1 aliphatic rings. The van der Waals surface area contributed by atoms with Crippen molar-refractivity contribution < 1.29 is 4.74 Å². The first-order chi connectivity index (χ1) is 12.4. The monoisotopic (exact) mass is 363 g/mol. The smallest absolute Gasteiger partial charge is 0.191 e. The molecule has 0 aromatic carbocycles. The van der Waals surface area contributed by atoms with Gasteiger partial charge in [-0.3, -0.25) is 9.67 Å². The lowest BCUT2D eigenvalue weighted by atomic mass is 9.67. The van der Waals surface area contributed by atoms with Gasteiger partial charge >= 0.3 is 0 Å². The third-order valence-electron chi connectivity index (χ3n) is 5.72. The number of aromatic nitrogens is 2. The molecule has 0 spiro atoms. The van der Waals surface area contributed by atoms with Gasteiger partial charge in [-0.1, -0.05) is 6.42 Å². The van der Waals surface area contributed by atoms with Crippen molar-refractivity contribution in [1.29, 1.82) is 0 Å². The maximum atomic E-state index is 5.30. The molecule has 6 nitrogen and oxygen atoms in total. The van der Waals surface area contributed by atoms with Crippen molar-refractivity contribution >= 4 is 5.96 Å². The molecule has 0 aliphatic heterocycles. The SMILES string of the molecule is CCNC(=NCC1(CCOC)CCC1)NC(C)Cc1c(C)nn(C)c1C. The zero-order valence-corrected chi connectivity index (χ0v) is 17.5. The van der Waals surface area contributed by atoms with E-state index in [4.69, 9.17) is 9.73 Å². The fraction of sp³-hybridized carbons (Fsp3) is 0.800. The molecule has 1 atom stereocenters. The van der Waals surface area contributed by atoms with Gasteiger partial charge in [-0.25, -0.2) is 0 Å². The highest BCUT2D eigenvalue weighted by Gasteiger charge is 2.36. The highest BCUT2D eigenvalue weighted by atomic mass is 16.5. The number of rotatable bonds is 9. The van der Waals surface area contributed by atoms with Crippen LogP contribution in [0.1, 0.15) is 56.5 Å². The van der Waals surface area contributed by atoms with Gasteiger partial charge in [0.2, 0.25) is 0 Å². The summed E-state index contributed by atoms with van der Waals surface area (Å²) in [7, 11) is 3.79. The first kappa shape index (κ1) is 20.7. The molecule has 0 amide bonds. The van der Waals surface area contributed by atoms with Crippen LogP contribution in [-0.2, 0) is 18.2 Å². The number of guanidine groups is 1. The van der Waals surface area contributed by atoms with Crippen LogP contribution < -0.4 is 10.6 Å². The first-order valence-electron chi connectivity index (χ1n) is 9.93. The maximum absolute atomic E-state index is 5.30. The van der Waals surface area contributed by atoms with Gasteiger partial charge in [0.05, 0.1) is 5.69 Å². The van der Waals surface area contributed by atoms with Crippen LogP contribution in [0.2, 0.25) is 0 Å². The summed E-state index contributed by atoms with van der Waals surface area (Å²) in [6, 6.07) is 0.297. The summed E-state index contributed by atoms with van der Waals surface area (Å²) in [6.07, 6.45) is 5.91. The molecule has 2 rings (SSSR count). The van der Waals surface area contributed by atoms with Crippen LogP contribution >= 0.6 is 0 Å². The summed E-state index contributed by atoms with van der Waals surface area (Å²) in [5, 5.41) is 11.5. The Kier molecular flexibility index (Phi) is 7.50. The van der Waals surface area contributed by atoms with Crippen molar-refractivity contribution in [2.45, 2.75) is 65.8 Å². The molecule has 1 heterocycles. The van der Waals surface area contributed by atoms with Crippen LogP contribution in [0.15, 0.2) is 4.99 Å². The summed E-state index contributed by atoms with van der Waals surface area (Å²) in [4.78, 5) is 4.91. The van der Waals surface area contributed by atoms with Crippen molar-refractivity contribution in [1.82, 2.24) is 20.4 Å². The van der Waals surface area contributed by atoms with Crippen LogP contribution in [0.25, 0.3) is 0 Å². The van der Waals surface area contributed by atoms with E-state index in [0.717, 1.165) is 44.2 Å². The minimum absolute atomic E-state index is 0.297. The molecule has 26 heavy (non-hydrogen) atoms. The molecule has 0 radical (unpaired) electrons. The molecule has 148 valence electrons. The molecule has 0 saturated heterocycles. The average molecular weight is 364 g/mol. The number of aliphatic imine (C=N–C) groups is 1. The van der Waals surface area contributed by atoms with E-state index in [0.29, 0.717) is 11.5 Å². The number of hydrogen-bond donors (Lipinski definition) is 2. The zero-order valence-electron chi connectivity index (χ0n) is 17.5. The Balaban J connectivity index is 1.97. The highest BCUT2D eigenvalue weighted by Crippen LogP contribution is 2.44. The topological polar surface area (TPSA) is 63.5 Å². The second-order valence-electron chi connectivity index (χ2n) is 7.81. The van der Waals surface area contributed by atoms with Gasteiger partial charge in [-0.2, -0.15) is 5.10 Å². The Morgan fingerprint density at radius 1 is 1.38 bits per heavy atom. The largest absolute Gasteiger partial charge is 0.385 e. The lowest BCUT2D eigenvalue weighted by Crippen LogP contribution is -2.44. The van der Waals surface area contributed by atoms with Crippen LogP contribution in [-0.4, -0.2) is 48.6 Å². The quantitative estimate of drug-likeness (QED) is 0.523. The van der Waals surface area contributed by atoms with E-state index >= 15 is 0 Å². The van der Waals surface area contributed by atoms with Crippen molar-refractivity contribution in [3.8, 4) is 0 Å². The van der Waals surface area contributed by atoms with Crippen molar-refractivity contribution in [3.05, 3.63) is 17.0 Å². The molecule has 0 bridgehead atoms. The van der Waals surface area contributed by atoms with E-state index in [2.05, 4.69) is 43.4 Å². The van der Waals surface area contributed by atoms with Gasteiger partial charge in [0.1, 0.15) is 0 Å². The number of nitrogens with zero attached hydrogens (tertiary/aromatic N) is 3. The van der Waals surface area contributed by atoms with E-state index < -0.39 is 0 Å². The Bertz CT molecular complexity index is 604. The summed E-state index contributed by atoms with van der Waals surface area (Å²) in [5.74, 6) is 0.919.